The van der Waals surface area contributed by atoms with Crippen molar-refractivity contribution in [2.75, 3.05) is 0 Å². The van der Waals surface area contributed by atoms with Gasteiger partial charge in [0.15, 0.2) is 0 Å². The minimum absolute atomic E-state index is 0.623. The van der Waals surface area contributed by atoms with Gasteiger partial charge in [0.2, 0.25) is 0 Å². The van der Waals surface area contributed by atoms with Crippen LogP contribution >= 0.6 is 0 Å². The summed E-state index contributed by atoms with van der Waals surface area (Å²) < 4.78 is 0. The maximum absolute atomic E-state index is 3.67. The van der Waals surface area contributed by atoms with E-state index in [4.69, 9.17) is 0 Å². The third-order valence-corrected chi connectivity index (χ3v) is 2.28. The largest absolute Gasteiger partial charge is 0.0953 e. The standard InChI is InChI=1S/C11H11/c1-2-9-8-11(9)10-6-4-3-5-7-10/h3-7,9,11H,1,8H2/t9-,11-/m1/s1. The summed E-state index contributed by atoms with van der Waals surface area (Å²) in [6.45, 7) is 3.67. The van der Waals surface area contributed by atoms with Gasteiger partial charge in [0, 0.05) is 0 Å². The third-order valence-electron chi connectivity index (χ3n) is 2.28. The second-order valence-electron chi connectivity index (χ2n) is 3.06. The van der Waals surface area contributed by atoms with Crippen LogP contribution in [0.25, 0.3) is 0 Å². The molecule has 55 valence electrons. The first-order chi connectivity index (χ1) is 5.42. The fraction of sp³-hybridized carbons (Fsp3) is 0.273. The van der Waals surface area contributed by atoms with Crippen molar-refractivity contribution in [2.24, 2.45) is 5.92 Å². The Balaban J connectivity index is 2.14. The van der Waals surface area contributed by atoms with E-state index < -0.39 is 0 Å². The average molecular weight is 143 g/mol. The van der Waals surface area contributed by atoms with Crippen molar-refractivity contribution in [3.63, 3.8) is 0 Å². The minimum atomic E-state index is 0.623. The molecule has 2 atom stereocenters. The van der Waals surface area contributed by atoms with E-state index >= 15 is 0 Å². The lowest BCUT2D eigenvalue weighted by molar-refractivity contribution is 0.991. The summed E-state index contributed by atoms with van der Waals surface area (Å²) in [6, 6.07) is 10.6. The van der Waals surface area contributed by atoms with Crippen molar-refractivity contribution in [3.05, 3.63) is 48.6 Å². The van der Waals surface area contributed by atoms with Gasteiger partial charge in [-0.25, -0.2) is 0 Å². The molecule has 0 saturated heterocycles. The van der Waals surface area contributed by atoms with Crippen LogP contribution in [0.5, 0.6) is 0 Å². The van der Waals surface area contributed by atoms with Crippen LogP contribution in [0.1, 0.15) is 17.9 Å². The van der Waals surface area contributed by atoms with Gasteiger partial charge in [-0.05, 0) is 29.9 Å². The molecule has 0 N–H and O–H groups in total. The lowest BCUT2D eigenvalue weighted by atomic mass is 10.1. The molecule has 0 spiro atoms. The van der Waals surface area contributed by atoms with Crippen LogP contribution in [0, 0.1) is 12.0 Å². The van der Waals surface area contributed by atoms with E-state index in [1.54, 1.807) is 0 Å². The summed E-state index contributed by atoms with van der Waals surface area (Å²) in [7, 11) is 0. The molecule has 1 fully saturated rings. The first-order valence-corrected chi connectivity index (χ1v) is 3.99. The zero-order chi connectivity index (χ0) is 7.68. The SMILES string of the molecule is C=[C][C@@H]1C[C@H]1c1ccccc1. The number of hydrogen-bond donors (Lipinski definition) is 0. The molecule has 0 nitrogen and oxygen atoms in total. The summed E-state index contributed by atoms with van der Waals surface area (Å²) in [5.41, 5.74) is 1.44. The van der Waals surface area contributed by atoms with E-state index in [1.807, 2.05) is 0 Å². The van der Waals surface area contributed by atoms with Gasteiger partial charge in [-0.3, -0.25) is 0 Å². The highest BCUT2D eigenvalue weighted by molar-refractivity contribution is 5.26. The molecule has 1 aliphatic rings. The van der Waals surface area contributed by atoms with E-state index in [1.165, 1.54) is 12.0 Å². The van der Waals surface area contributed by atoms with Gasteiger partial charge >= 0.3 is 0 Å². The molecular formula is C11H11. The lowest BCUT2D eigenvalue weighted by Gasteiger charge is -1.94. The Morgan fingerprint density at radius 2 is 2.00 bits per heavy atom. The van der Waals surface area contributed by atoms with Gasteiger partial charge in [0.25, 0.3) is 0 Å². The van der Waals surface area contributed by atoms with Gasteiger partial charge in [-0.1, -0.05) is 36.9 Å². The van der Waals surface area contributed by atoms with Gasteiger partial charge in [-0.2, -0.15) is 0 Å². The van der Waals surface area contributed by atoms with Gasteiger partial charge in [0.1, 0.15) is 0 Å². The van der Waals surface area contributed by atoms with Crippen LogP contribution in [0.15, 0.2) is 36.9 Å². The van der Waals surface area contributed by atoms with Crippen LogP contribution in [0.3, 0.4) is 0 Å². The van der Waals surface area contributed by atoms with Crippen molar-refractivity contribution in [1.29, 1.82) is 0 Å². The Kier molecular flexibility index (Phi) is 1.54. The molecule has 0 heterocycles. The van der Waals surface area contributed by atoms with Gasteiger partial charge in [-0.15, -0.1) is 0 Å². The number of benzene rings is 1. The molecule has 1 saturated carbocycles. The van der Waals surface area contributed by atoms with Crippen molar-refractivity contribution >= 4 is 0 Å². The predicted molar refractivity (Wildman–Crippen MR) is 46.2 cm³/mol. The molecule has 1 aliphatic carbocycles. The highest BCUT2D eigenvalue weighted by atomic mass is 14.4. The van der Waals surface area contributed by atoms with Gasteiger partial charge in [0.05, 0.1) is 0 Å². The molecular weight excluding hydrogens is 132 g/mol. The normalized spacial score (nSPS) is 28.0. The van der Waals surface area contributed by atoms with Crippen LogP contribution in [0.4, 0.5) is 0 Å². The van der Waals surface area contributed by atoms with E-state index in [9.17, 15) is 0 Å². The van der Waals surface area contributed by atoms with Crippen LogP contribution in [0.2, 0.25) is 0 Å². The van der Waals surface area contributed by atoms with Crippen molar-refractivity contribution in [2.45, 2.75) is 12.3 Å². The molecule has 11 heavy (non-hydrogen) atoms. The van der Waals surface area contributed by atoms with Crippen LogP contribution in [-0.4, -0.2) is 0 Å². The van der Waals surface area contributed by atoms with E-state index in [-0.39, 0.29) is 0 Å². The predicted octanol–water partition coefficient (Wildman–Crippen LogP) is 2.78. The molecule has 1 aromatic carbocycles. The number of allylic oxidation sites excluding steroid dienone is 1. The van der Waals surface area contributed by atoms with E-state index in [2.05, 4.69) is 43.0 Å². The molecule has 0 amide bonds. The van der Waals surface area contributed by atoms with Crippen LogP contribution < -0.4 is 0 Å². The first kappa shape index (κ1) is 6.66. The van der Waals surface area contributed by atoms with Gasteiger partial charge < -0.3 is 0 Å². The first-order valence-electron chi connectivity index (χ1n) is 3.99. The summed E-state index contributed by atoms with van der Waals surface area (Å²) in [5, 5.41) is 0. The van der Waals surface area contributed by atoms with E-state index in [0.717, 1.165) is 0 Å². The zero-order valence-electron chi connectivity index (χ0n) is 6.46. The van der Waals surface area contributed by atoms with Crippen molar-refractivity contribution in [3.8, 4) is 0 Å². The Hall–Kier alpha value is -1.04. The minimum Gasteiger partial charge on any atom is -0.0953 e. The smallest absolute Gasteiger partial charge is 0.00870 e. The third kappa shape index (κ3) is 1.21. The molecule has 2 rings (SSSR count). The summed E-state index contributed by atoms with van der Waals surface area (Å²) in [4.78, 5) is 0. The summed E-state index contributed by atoms with van der Waals surface area (Å²) in [6.07, 6.45) is 4.28. The van der Waals surface area contributed by atoms with E-state index in [0.29, 0.717) is 11.8 Å². The lowest BCUT2D eigenvalue weighted by Crippen LogP contribution is -1.78. The Morgan fingerprint density at radius 1 is 1.27 bits per heavy atom. The second kappa shape index (κ2) is 2.54. The molecule has 1 aromatic rings. The maximum Gasteiger partial charge on any atom is -0.00870 e. The molecule has 0 heteroatoms. The molecule has 0 unspecified atom stereocenters. The Labute approximate surface area is 67.6 Å². The Morgan fingerprint density at radius 3 is 2.55 bits per heavy atom. The topological polar surface area (TPSA) is 0 Å². The highest BCUT2D eigenvalue weighted by Gasteiger charge is 2.35. The van der Waals surface area contributed by atoms with Crippen molar-refractivity contribution in [1.82, 2.24) is 0 Å². The molecule has 1 radical (unpaired) electrons. The average Bonchev–Trinajstić information content (AvgIpc) is 2.85. The second-order valence-corrected chi connectivity index (χ2v) is 3.06. The number of rotatable bonds is 2. The summed E-state index contributed by atoms with van der Waals surface area (Å²) in [5.74, 6) is 1.34. The molecule has 0 aliphatic heterocycles. The zero-order valence-corrected chi connectivity index (χ0v) is 6.46. The summed E-state index contributed by atoms with van der Waals surface area (Å²) >= 11 is 0. The maximum atomic E-state index is 3.67. The molecule has 0 bridgehead atoms. The number of hydrogen-bond acceptors (Lipinski definition) is 0. The van der Waals surface area contributed by atoms with Crippen molar-refractivity contribution < 1.29 is 0 Å². The fourth-order valence-electron chi connectivity index (χ4n) is 1.49. The molecule has 0 aromatic heterocycles. The quantitative estimate of drug-likeness (QED) is 0.597. The van der Waals surface area contributed by atoms with Crippen LogP contribution in [-0.2, 0) is 0 Å². The fourth-order valence-corrected chi connectivity index (χ4v) is 1.49. The Bertz CT molecular complexity index is 248. The monoisotopic (exact) mass is 143 g/mol. The highest BCUT2D eigenvalue weighted by Crippen LogP contribution is 2.47.